The number of thiocarbonyl (C=S) groups is 1. The second-order valence-electron chi connectivity index (χ2n) is 7.41. The van der Waals surface area contributed by atoms with E-state index in [2.05, 4.69) is 25.9 Å². The predicted molar refractivity (Wildman–Crippen MR) is 126 cm³/mol. The molecule has 1 aromatic heterocycles. The van der Waals surface area contributed by atoms with Crippen molar-refractivity contribution in [1.29, 1.82) is 0 Å². The Morgan fingerprint density at radius 3 is 2.37 bits per heavy atom. The van der Waals surface area contributed by atoms with Crippen molar-refractivity contribution in [3.8, 4) is 5.75 Å². The minimum atomic E-state index is 0.271. The number of aryl methyl sites for hydroxylation is 2. The molecule has 0 saturated heterocycles. The van der Waals surface area contributed by atoms with Gasteiger partial charge in [0.1, 0.15) is 5.75 Å². The molecule has 1 aliphatic rings. The first kappa shape index (κ1) is 22.0. The number of guanidine groups is 1. The van der Waals surface area contributed by atoms with E-state index < -0.39 is 0 Å². The van der Waals surface area contributed by atoms with Crippen LogP contribution in [0.5, 0.6) is 5.75 Å². The highest BCUT2D eigenvalue weighted by atomic mass is 32.1. The van der Waals surface area contributed by atoms with Crippen LogP contribution in [0.1, 0.15) is 50.4 Å². The summed E-state index contributed by atoms with van der Waals surface area (Å²) in [6.45, 7) is 6.50. The molecule has 0 spiro atoms. The number of nitrogens with one attached hydrogen (secondary N) is 3. The number of aromatic nitrogens is 2. The summed E-state index contributed by atoms with van der Waals surface area (Å²) >= 11 is 5.52. The van der Waals surface area contributed by atoms with E-state index in [0.29, 0.717) is 23.6 Å². The molecule has 0 bridgehead atoms. The summed E-state index contributed by atoms with van der Waals surface area (Å²) < 4.78 is 5.48. The molecule has 8 heteroatoms. The van der Waals surface area contributed by atoms with Gasteiger partial charge in [-0.25, -0.2) is 15.0 Å². The molecule has 0 unspecified atom stereocenters. The summed E-state index contributed by atoms with van der Waals surface area (Å²) in [6.07, 6.45) is 5.85. The summed E-state index contributed by atoms with van der Waals surface area (Å²) in [7, 11) is 0. The Morgan fingerprint density at radius 2 is 1.73 bits per heavy atom. The van der Waals surface area contributed by atoms with Gasteiger partial charge in [0.15, 0.2) is 5.11 Å². The van der Waals surface area contributed by atoms with E-state index in [4.69, 9.17) is 21.9 Å². The lowest BCUT2D eigenvalue weighted by Gasteiger charge is -2.20. The maximum atomic E-state index is 5.52. The number of nitrogens with zero attached hydrogens (tertiary/aromatic N) is 3. The second kappa shape index (κ2) is 10.9. The highest BCUT2D eigenvalue weighted by Crippen LogP contribution is 2.20. The number of ether oxygens (including phenoxy) is 1. The van der Waals surface area contributed by atoms with E-state index in [9.17, 15) is 0 Å². The lowest BCUT2D eigenvalue weighted by Crippen LogP contribution is -2.40. The van der Waals surface area contributed by atoms with Gasteiger partial charge < -0.3 is 15.4 Å². The standard InChI is InChI=1S/C22H30N6OS/c1-4-29-19-12-10-18(11-13-19)26-22(30)28-21(25-17-8-6-5-7-9-17)27-20-23-15(2)14-16(3)24-20/h10-14,17H,4-9H2,1-3H3,(H3,23,24,25,26,27,28,30). The number of hydrogen-bond acceptors (Lipinski definition) is 5. The van der Waals surface area contributed by atoms with E-state index in [1.165, 1.54) is 19.3 Å². The summed E-state index contributed by atoms with van der Waals surface area (Å²) in [4.78, 5) is 13.8. The monoisotopic (exact) mass is 426 g/mol. The third kappa shape index (κ3) is 6.95. The van der Waals surface area contributed by atoms with Crippen LogP contribution in [0, 0.1) is 13.8 Å². The second-order valence-corrected chi connectivity index (χ2v) is 7.81. The van der Waals surface area contributed by atoms with Gasteiger partial charge in [-0.15, -0.1) is 0 Å². The molecular weight excluding hydrogens is 396 g/mol. The molecule has 1 fully saturated rings. The van der Waals surface area contributed by atoms with Gasteiger partial charge >= 0.3 is 0 Å². The average Bonchev–Trinajstić information content (AvgIpc) is 2.69. The molecule has 3 N–H and O–H groups in total. The zero-order valence-corrected chi connectivity index (χ0v) is 18.7. The summed E-state index contributed by atoms with van der Waals surface area (Å²) in [5.41, 5.74) is 2.67. The van der Waals surface area contributed by atoms with E-state index >= 15 is 0 Å². The fraction of sp³-hybridized carbons (Fsp3) is 0.455. The minimum absolute atomic E-state index is 0.271. The van der Waals surface area contributed by atoms with E-state index in [1.54, 1.807) is 0 Å². The number of hydrogen-bond donors (Lipinski definition) is 3. The Balaban J connectivity index is 1.70. The van der Waals surface area contributed by atoms with Gasteiger partial charge in [-0.3, -0.25) is 5.32 Å². The summed E-state index contributed by atoms with van der Waals surface area (Å²) in [5.74, 6) is 1.91. The number of rotatable bonds is 5. The molecule has 0 aliphatic heterocycles. The molecule has 0 radical (unpaired) electrons. The Bertz CT molecular complexity index is 857. The van der Waals surface area contributed by atoms with E-state index in [1.807, 2.05) is 51.1 Å². The Labute approximate surface area is 183 Å². The van der Waals surface area contributed by atoms with Gasteiger partial charge in [0, 0.05) is 17.1 Å². The van der Waals surface area contributed by atoms with Crippen LogP contribution in [0.3, 0.4) is 0 Å². The Hall–Kier alpha value is -2.74. The van der Waals surface area contributed by atoms with Crippen molar-refractivity contribution in [2.24, 2.45) is 4.99 Å². The van der Waals surface area contributed by atoms with Crippen LogP contribution in [-0.4, -0.2) is 33.7 Å². The van der Waals surface area contributed by atoms with Crippen LogP contribution >= 0.6 is 12.2 Å². The zero-order valence-electron chi connectivity index (χ0n) is 17.9. The van der Waals surface area contributed by atoms with Crippen LogP contribution in [0.25, 0.3) is 0 Å². The van der Waals surface area contributed by atoms with Crippen LogP contribution in [-0.2, 0) is 0 Å². The summed E-state index contributed by atoms with van der Waals surface area (Å²) in [6, 6.07) is 9.89. The highest BCUT2D eigenvalue weighted by Gasteiger charge is 2.15. The molecule has 1 heterocycles. The molecule has 1 saturated carbocycles. The molecular formula is C22H30N6OS. The van der Waals surface area contributed by atoms with Gasteiger partial charge in [-0.1, -0.05) is 19.3 Å². The molecule has 30 heavy (non-hydrogen) atoms. The van der Waals surface area contributed by atoms with Gasteiger partial charge in [-0.2, -0.15) is 0 Å². The molecule has 2 aromatic rings. The van der Waals surface area contributed by atoms with Gasteiger partial charge in [0.05, 0.1) is 12.6 Å². The normalized spacial score (nSPS) is 14.8. The van der Waals surface area contributed by atoms with Crippen molar-refractivity contribution in [3.63, 3.8) is 0 Å². The lowest BCUT2D eigenvalue weighted by molar-refractivity contribution is 0.340. The van der Waals surface area contributed by atoms with Crippen LogP contribution in [0.4, 0.5) is 11.6 Å². The lowest BCUT2D eigenvalue weighted by atomic mass is 9.96. The van der Waals surface area contributed by atoms with Gasteiger partial charge in [-0.05, 0) is 76.2 Å². The van der Waals surface area contributed by atoms with Crippen molar-refractivity contribution < 1.29 is 4.74 Å². The van der Waals surface area contributed by atoms with Gasteiger partial charge in [0.25, 0.3) is 0 Å². The topological polar surface area (TPSA) is 83.5 Å². The Kier molecular flexibility index (Phi) is 7.96. The quantitative estimate of drug-likeness (QED) is 0.367. The minimum Gasteiger partial charge on any atom is -0.494 e. The third-order valence-electron chi connectivity index (χ3n) is 4.75. The predicted octanol–water partition coefficient (Wildman–Crippen LogP) is 4.58. The zero-order chi connectivity index (χ0) is 21.3. The van der Waals surface area contributed by atoms with Crippen LogP contribution < -0.4 is 20.7 Å². The van der Waals surface area contributed by atoms with Crippen LogP contribution in [0.2, 0.25) is 0 Å². The number of benzene rings is 1. The van der Waals surface area contributed by atoms with E-state index in [-0.39, 0.29) is 6.04 Å². The average molecular weight is 427 g/mol. The van der Waals surface area contributed by atoms with Crippen molar-refractivity contribution in [1.82, 2.24) is 15.3 Å². The van der Waals surface area contributed by atoms with Gasteiger partial charge in [0.2, 0.25) is 11.9 Å². The fourth-order valence-corrected chi connectivity index (χ4v) is 3.66. The fourth-order valence-electron chi connectivity index (χ4n) is 3.45. The largest absolute Gasteiger partial charge is 0.494 e. The molecule has 3 rings (SSSR count). The highest BCUT2D eigenvalue weighted by molar-refractivity contribution is 7.80. The molecule has 0 atom stereocenters. The number of aliphatic imine (C=N–C) groups is 1. The van der Waals surface area contributed by atoms with Crippen molar-refractivity contribution >= 4 is 34.9 Å². The Morgan fingerprint density at radius 1 is 1.07 bits per heavy atom. The molecule has 7 nitrogen and oxygen atoms in total. The number of anilines is 2. The SMILES string of the molecule is CCOc1ccc(NC(=S)NC(=NC2CCCCC2)Nc2nc(C)cc(C)n2)cc1. The summed E-state index contributed by atoms with van der Waals surface area (Å²) in [5, 5.41) is 10.0. The van der Waals surface area contributed by atoms with E-state index in [0.717, 1.165) is 35.7 Å². The smallest absolute Gasteiger partial charge is 0.229 e. The molecule has 0 amide bonds. The first-order chi connectivity index (χ1) is 14.5. The molecule has 1 aliphatic carbocycles. The first-order valence-corrected chi connectivity index (χ1v) is 10.9. The maximum Gasteiger partial charge on any atom is 0.229 e. The van der Waals surface area contributed by atoms with Crippen molar-refractivity contribution in [2.75, 3.05) is 17.2 Å². The third-order valence-corrected chi connectivity index (χ3v) is 4.96. The molecule has 1 aromatic carbocycles. The maximum absolute atomic E-state index is 5.52. The first-order valence-electron chi connectivity index (χ1n) is 10.5. The van der Waals surface area contributed by atoms with Crippen molar-refractivity contribution in [2.45, 2.75) is 58.9 Å². The van der Waals surface area contributed by atoms with Crippen LogP contribution in [0.15, 0.2) is 35.3 Å². The molecule has 160 valence electrons. The van der Waals surface area contributed by atoms with Crippen molar-refractivity contribution in [3.05, 3.63) is 41.7 Å².